The summed E-state index contributed by atoms with van der Waals surface area (Å²) in [5, 5.41) is 3.00. The van der Waals surface area contributed by atoms with Crippen LogP contribution in [0.3, 0.4) is 0 Å². The number of benzene rings is 1. The van der Waals surface area contributed by atoms with E-state index in [0.29, 0.717) is 32.0 Å². The lowest BCUT2D eigenvalue weighted by Gasteiger charge is -2.31. The Bertz CT molecular complexity index is 546. The fourth-order valence-corrected chi connectivity index (χ4v) is 2.95. The molecule has 1 aliphatic heterocycles. The van der Waals surface area contributed by atoms with Gasteiger partial charge in [0.15, 0.2) is 0 Å². The zero-order valence-corrected chi connectivity index (χ0v) is 14.9. The summed E-state index contributed by atoms with van der Waals surface area (Å²) < 4.78 is 5.12. The second kappa shape index (κ2) is 8.71. The normalized spacial score (nSPS) is 15.4. The Morgan fingerprint density at radius 2 is 1.83 bits per heavy atom. The highest BCUT2D eigenvalue weighted by molar-refractivity contribution is 5.80. The molecule has 1 aromatic carbocycles. The molecule has 24 heavy (non-hydrogen) atoms. The van der Waals surface area contributed by atoms with Crippen molar-refractivity contribution in [2.24, 2.45) is 11.8 Å². The number of hydrogen-bond donors (Lipinski definition) is 1. The molecule has 1 fully saturated rings. The molecule has 1 saturated heterocycles. The third-order valence-corrected chi connectivity index (χ3v) is 4.43. The Morgan fingerprint density at radius 1 is 1.21 bits per heavy atom. The highest BCUT2D eigenvalue weighted by Gasteiger charge is 2.27. The molecule has 0 spiro atoms. The Hall–Kier alpha value is -2.04. The lowest BCUT2D eigenvalue weighted by atomic mass is 9.95. The third-order valence-electron chi connectivity index (χ3n) is 4.43. The molecule has 1 aliphatic rings. The maximum Gasteiger partial charge on any atom is 0.223 e. The molecule has 0 aliphatic carbocycles. The van der Waals surface area contributed by atoms with Crippen LogP contribution in [0, 0.1) is 11.8 Å². The monoisotopic (exact) mass is 332 g/mol. The first-order valence-corrected chi connectivity index (χ1v) is 8.68. The topological polar surface area (TPSA) is 58.6 Å². The van der Waals surface area contributed by atoms with Gasteiger partial charge in [-0.2, -0.15) is 0 Å². The predicted octanol–water partition coefficient (Wildman–Crippen LogP) is 2.60. The number of ether oxygens (including phenoxy) is 1. The van der Waals surface area contributed by atoms with Crippen molar-refractivity contribution in [3.05, 3.63) is 29.8 Å². The van der Waals surface area contributed by atoms with Crippen molar-refractivity contribution in [1.29, 1.82) is 0 Å². The first-order valence-electron chi connectivity index (χ1n) is 8.68. The van der Waals surface area contributed by atoms with E-state index in [1.54, 1.807) is 7.11 Å². The second-order valence-corrected chi connectivity index (χ2v) is 6.82. The number of likely N-dealkylation sites (tertiary alicyclic amines) is 1. The quantitative estimate of drug-likeness (QED) is 0.871. The Labute approximate surface area is 144 Å². The molecule has 2 amide bonds. The molecule has 0 unspecified atom stereocenters. The van der Waals surface area contributed by atoms with Gasteiger partial charge >= 0.3 is 0 Å². The average molecular weight is 332 g/mol. The summed E-state index contributed by atoms with van der Waals surface area (Å²) in [6, 6.07) is 7.68. The van der Waals surface area contributed by atoms with Crippen molar-refractivity contribution in [2.75, 3.05) is 20.2 Å². The van der Waals surface area contributed by atoms with E-state index in [1.165, 1.54) is 0 Å². The number of rotatable bonds is 6. The molecular weight excluding hydrogens is 304 g/mol. The van der Waals surface area contributed by atoms with Crippen molar-refractivity contribution >= 4 is 11.8 Å². The van der Waals surface area contributed by atoms with Gasteiger partial charge in [0.05, 0.1) is 7.11 Å². The predicted molar refractivity (Wildman–Crippen MR) is 93.6 cm³/mol. The van der Waals surface area contributed by atoms with E-state index in [2.05, 4.69) is 19.2 Å². The summed E-state index contributed by atoms with van der Waals surface area (Å²) in [5.74, 6) is 1.49. The van der Waals surface area contributed by atoms with Crippen molar-refractivity contribution < 1.29 is 14.3 Å². The summed E-state index contributed by atoms with van der Waals surface area (Å²) in [6.45, 7) is 6.00. The number of methoxy groups -OCH3 is 1. The van der Waals surface area contributed by atoms with Gasteiger partial charge in [0.25, 0.3) is 0 Å². The van der Waals surface area contributed by atoms with Crippen LogP contribution in [-0.4, -0.2) is 36.9 Å². The number of nitrogens with one attached hydrogen (secondary N) is 1. The van der Waals surface area contributed by atoms with Crippen molar-refractivity contribution in [3.63, 3.8) is 0 Å². The fourth-order valence-electron chi connectivity index (χ4n) is 2.95. The maximum atomic E-state index is 12.3. The number of piperidine rings is 1. The van der Waals surface area contributed by atoms with Gasteiger partial charge in [0.2, 0.25) is 11.8 Å². The van der Waals surface area contributed by atoms with Gasteiger partial charge in [-0.1, -0.05) is 26.0 Å². The van der Waals surface area contributed by atoms with Gasteiger partial charge in [-0.25, -0.2) is 0 Å². The molecule has 132 valence electrons. The van der Waals surface area contributed by atoms with E-state index < -0.39 is 0 Å². The highest BCUT2D eigenvalue weighted by Crippen LogP contribution is 2.19. The molecule has 0 aromatic heterocycles. The van der Waals surface area contributed by atoms with Crippen molar-refractivity contribution in [2.45, 2.75) is 39.7 Å². The third kappa shape index (κ3) is 5.25. The van der Waals surface area contributed by atoms with Gasteiger partial charge in [-0.05, 0) is 36.5 Å². The van der Waals surface area contributed by atoms with E-state index in [4.69, 9.17) is 4.74 Å². The van der Waals surface area contributed by atoms with Gasteiger partial charge in [0, 0.05) is 32.0 Å². The molecule has 0 atom stereocenters. The minimum atomic E-state index is 0.00588. The van der Waals surface area contributed by atoms with Crippen LogP contribution in [-0.2, 0) is 16.1 Å². The number of hydrogen-bond acceptors (Lipinski definition) is 3. The fraction of sp³-hybridized carbons (Fsp3) is 0.579. The van der Waals surface area contributed by atoms with Crippen LogP contribution in [0.2, 0.25) is 0 Å². The van der Waals surface area contributed by atoms with Crippen LogP contribution >= 0.6 is 0 Å². The highest BCUT2D eigenvalue weighted by atomic mass is 16.5. The number of carbonyl (C=O) groups is 2. The van der Waals surface area contributed by atoms with Gasteiger partial charge < -0.3 is 15.0 Å². The number of nitrogens with zero attached hydrogens (tertiary/aromatic N) is 1. The molecule has 0 bridgehead atoms. The van der Waals surface area contributed by atoms with Crippen LogP contribution in [0.15, 0.2) is 24.3 Å². The van der Waals surface area contributed by atoms with Crippen LogP contribution < -0.4 is 10.1 Å². The molecule has 2 rings (SSSR count). The van der Waals surface area contributed by atoms with E-state index in [0.717, 1.165) is 24.2 Å². The average Bonchev–Trinajstić information content (AvgIpc) is 2.59. The maximum absolute atomic E-state index is 12.3. The standard InChI is InChI=1S/C19H28N2O3/c1-14(2)12-18(22)21-10-8-16(9-11-21)19(23)20-13-15-4-6-17(24-3)7-5-15/h4-7,14,16H,8-13H2,1-3H3,(H,20,23). The Morgan fingerprint density at radius 3 is 2.38 bits per heavy atom. The first-order chi connectivity index (χ1) is 11.5. The molecule has 5 nitrogen and oxygen atoms in total. The minimum absolute atomic E-state index is 0.00588. The molecule has 1 aromatic rings. The van der Waals surface area contributed by atoms with E-state index in [-0.39, 0.29) is 17.7 Å². The molecule has 1 heterocycles. The largest absolute Gasteiger partial charge is 0.497 e. The molecule has 0 saturated carbocycles. The summed E-state index contributed by atoms with van der Waals surface area (Å²) in [6.07, 6.45) is 2.09. The van der Waals surface area contributed by atoms with Gasteiger partial charge in [-0.3, -0.25) is 9.59 Å². The van der Waals surface area contributed by atoms with Crippen LogP contribution in [0.5, 0.6) is 5.75 Å². The smallest absolute Gasteiger partial charge is 0.223 e. The lowest BCUT2D eigenvalue weighted by Crippen LogP contribution is -2.43. The van der Waals surface area contributed by atoms with E-state index in [9.17, 15) is 9.59 Å². The van der Waals surface area contributed by atoms with E-state index in [1.807, 2.05) is 29.2 Å². The van der Waals surface area contributed by atoms with Crippen LogP contribution in [0.1, 0.15) is 38.7 Å². The number of carbonyl (C=O) groups excluding carboxylic acids is 2. The summed E-state index contributed by atoms with van der Waals surface area (Å²) >= 11 is 0. The molecule has 5 heteroatoms. The van der Waals surface area contributed by atoms with E-state index >= 15 is 0 Å². The SMILES string of the molecule is COc1ccc(CNC(=O)C2CCN(C(=O)CC(C)C)CC2)cc1. The molecular formula is C19H28N2O3. The minimum Gasteiger partial charge on any atom is -0.497 e. The first kappa shape index (κ1) is 18.3. The van der Waals surface area contributed by atoms with Crippen LogP contribution in [0.4, 0.5) is 0 Å². The molecule has 1 N–H and O–H groups in total. The van der Waals surface area contributed by atoms with Gasteiger partial charge in [0.1, 0.15) is 5.75 Å². The Kier molecular flexibility index (Phi) is 6.64. The van der Waals surface area contributed by atoms with Crippen molar-refractivity contribution in [1.82, 2.24) is 10.2 Å². The second-order valence-electron chi connectivity index (χ2n) is 6.82. The van der Waals surface area contributed by atoms with Crippen molar-refractivity contribution in [3.8, 4) is 5.75 Å². The summed E-state index contributed by atoms with van der Waals surface area (Å²) in [5.41, 5.74) is 1.05. The van der Waals surface area contributed by atoms with Gasteiger partial charge in [-0.15, -0.1) is 0 Å². The Balaban J connectivity index is 1.75. The zero-order valence-electron chi connectivity index (χ0n) is 14.9. The lowest BCUT2D eigenvalue weighted by molar-refractivity contribution is -0.136. The molecule has 0 radical (unpaired) electrons. The number of amides is 2. The zero-order chi connectivity index (χ0) is 17.5. The van der Waals surface area contributed by atoms with Crippen LogP contribution in [0.25, 0.3) is 0 Å². The summed E-state index contributed by atoms with van der Waals surface area (Å²) in [4.78, 5) is 26.3. The summed E-state index contributed by atoms with van der Waals surface area (Å²) in [7, 11) is 1.63.